The number of H-pyrrole nitrogens is 1. The van der Waals surface area contributed by atoms with Crippen LogP contribution in [0.2, 0.25) is 0 Å². The molecule has 1 heterocycles. The Morgan fingerprint density at radius 2 is 1.44 bits per heavy atom. The zero-order chi connectivity index (χ0) is 34.0. The molecule has 0 bridgehead atoms. The van der Waals surface area contributed by atoms with Crippen molar-refractivity contribution in [3.8, 4) is 39.7 Å². The van der Waals surface area contributed by atoms with Gasteiger partial charge in [0.2, 0.25) is 5.91 Å². The highest BCUT2D eigenvalue weighted by Crippen LogP contribution is 2.34. The first-order valence-electron chi connectivity index (χ1n) is 14.9. The van der Waals surface area contributed by atoms with Gasteiger partial charge in [0.25, 0.3) is 0 Å². The van der Waals surface area contributed by atoms with Crippen LogP contribution >= 0.6 is 0 Å². The summed E-state index contributed by atoms with van der Waals surface area (Å²) in [7, 11) is 0. The van der Waals surface area contributed by atoms with Crippen molar-refractivity contribution >= 4 is 47.1 Å². The number of amides is 1. The second-order valence-electron chi connectivity index (χ2n) is 10.5. The summed E-state index contributed by atoms with van der Waals surface area (Å²) in [6.07, 6.45) is 6.20. The van der Waals surface area contributed by atoms with Crippen molar-refractivity contribution in [2.75, 3.05) is 30.0 Å². The molecule has 0 aliphatic rings. The number of nitrogens with zero attached hydrogens (tertiary/aromatic N) is 1. The Morgan fingerprint density at radius 1 is 0.812 bits per heavy atom. The van der Waals surface area contributed by atoms with E-state index in [0.29, 0.717) is 40.9 Å². The molecule has 0 saturated carbocycles. The minimum absolute atomic E-state index is 0.307. The number of imidazole rings is 1. The largest absolute Gasteiger partial charge is 0.482 e. The van der Waals surface area contributed by atoms with Crippen LogP contribution in [0.5, 0.6) is 5.75 Å². The molecule has 0 aliphatic carbocycles. The van der Waals surface area contributed by atoms with Crippen molar-refractivity contribution in [2.24, 2.45) is 0 Å². The van der Waals surface area contributed by atoms with E-state index >= 15 is 0 Å². The number of anilines is 3. The first-order chi connectivity index (χ1) is 23.2. The summed E-state index contributed by atoms with van der Waals surface area (Å²) in [6.45, 7) is 1.62. The van der Waals surface area contributed by atoms with E-state index in [1.807, 2.05) is 60.7 Å². The van der Waals surface area contributed by atoms with E-state index in [-0.39, 0.29) is 5.91 Å². The number of carboxylic acid groups (broad SMARTS) is 1. The Morgan fingerprint density at radius 3 is 2.06 bits per heavy atom. The number of carboxylic acids is 1. The number of carbonyl (C=O) groups is 3. The Bertz CT molecular complexity index is 1980. The second-order valence-corrected chi connectivity index (χ2v) is 10.5. The molecule has 0 fully saturated rings. The van der Waals surface area contributed by atoms with E-state index in [9.17, 15) is 14.4 Å². The molecule has 48 heavy (non-hydrogen) atoms. The number of ether oxygens (including phenoxy) is 2. The Labute approximate surface area is 276 Å². The molecule has 11 nitrogen and oxygen atoms in total. The minimum atomic E-state index is -1.06. The van der Waals surface area contributed by atoms with Gasteiger partial charge in [-0.1, -0.05) is 48.5 Å². The third kappa shape index (κ3) is 8.55. The molecule has 0 spiro atoms. The fourth-order valence-corrected chi connectivity index (χ4v) is 4.66. The molecule has 4 aromatic carbocycles. The number of nitrogen functional groups attached to an aromatic ring is 2. The first kappa shape index (κ1) is 32.8. The predicted octanol–water partition coefficient (Wildman–Crippen LogP) is 6.27. The SMILES string of the molecule is CCOC(=O)/C=C/c1ccc(-c2nc(-c3ccc(OCC(=O)O)cc3)c(-c3ccc(/C=C/C(=O)Nc4ccc(N)c(N)c4)cc3)[nH]2)cc1. The maximum atomic E-state index is 12.5. The Balaban J connectivity index is 1.40. The van der Waals surface area contributed by atoms with Gasteiger partial charge in [-0.25, -0.2) is 14.6 Å². The fraction of sp³-hybridized carbons (Fsp3) is 0.0811. The summed E-state index contributed by atoms with van der Waals surface area (Å²) < 4.78 is 10.2. The topological polar surface area (TPSA) is 183 Å². The van der Waals surface area contributed by atoms with Crippen LogP contribution in [-0.4, -0.2) is 46.1 Å². The standard InChI is InChI=1S/C37H33N5O6/c1-2-47-34(46)20-8-24-5-11-27(12-6-24)37-41-35(36(42-37)26-13-16-29(17-14-26)48-22-33(44)45)25-9-3-23(4-10-25)7-19-32(43)40-28-15-18-30(38)31(39)21-28/h3-21H,2,22,38-39H2,1H3,(H,40,43)(H,41,42)(H,44,45)/b19-7+,20-8+. The maximum Gasteiger partial charge on any atom is 0.341 e. The molecule has 0 radical (unpaired) electrons. The lowest BCUT2D eigenvalue weighted by Gasteiger charge is -2.07. The van der Waals surface area contributed by atoms with Gasteiger partial charge >= 0.3 is 11.9 Å². The number of esters is 1. The van der Waals surface area contributed by atoms with Crippen LogP contribution in [0, 0.1) is 0 Å². The Hall–Kier alpha value is -6.62. The molecular weight excluding hydrogens is 610 g/mol. The van der Waals surface area contributed by atoms with Gasteiger partial charge in [0.1, 0.15) is 11.6 Å². The molecule has 0 saturated heterocycles. The summed E-state index contributed by atoms with van der Waals surface area (Å²) in [5.74, 6) is -0.746. The van der Waals surface area contributed by atoms with E-state index in [1.165, 1.54) is 12.2 Å². The van der Waals surface area contributed by atoms with Crippen LogP contribution in [0.15, 0.2) is 103 Å². The number of nitrogens with two attached hydrogens (primary N) is 2. The van der Waals surface area contributed by atoms with Crippen LogP contribution in [-0.2, 0) is 19.1 Å². The van der Waals surface area contributed by atoms with Crippen LogP contribution < -0.4 is 21.5 Å². The van der Waals surface area contributed by atoms with Gasteiger partial charge in [-0.15, -0.1) is 0 Å². The molecule has 5 aromatic rings. The number of nitrogens with one attached hydrogen (secondary N) is 2. The minimum Gasteiger partial charge on any atom is -0.482 e. The zero-order valence-electron chi connectivity index (χ0n) is 26.0. The van der Waals surface area contributed by atoms with Gasteiger partial charge in [0.05, 0.1) is 29.4 Å². The molecule has 0 aliphatic heterocycles. The van der Waals surface area contributed by atoms with Crippen molar-refractivity contribution in [2.45, 2.75) is 6.92 Å². The highest BCUT2D eigenvalue weighted by atomic mass is 16.5. The van der Waals surface area contributed by atoms with Crippen molar-refractivity contribution in [3.05, 3.63) is 114 Å². The summed E-state index contributed by atoms with van der Waals surface area (Å²) in [5, 5.41) is 11.7. The number of carbonyl (C=O) groups excluding carboxylic acids is 2. The van der Waals surface area contributed by atoms with Gasteiger partial charge in [-0.2, -0.15) is 0 Å². The number of rotatable bonds is 12. The number of hydrogen-bond donors (Lipinski definition) is 5. The second kappa shape index (κ2) is 15.1. The van der Waals surface area contributed by atoms with Crippen molar-refractivity contribution in [1.82, 2.24) is 9.97 Å². The summed E-state index contributed by atoms with van der Waals surface area (Å²) in [5.41, 5.74) is 18.5. The fourth-order valence-electron chi connectivity index (χ4n) is 4.66. The number of hydrogen-bond acceptors (Lipinski definition) is 8. The zero-order valence-corrected chi connectivity index (χ0v) is 26.0. The monoisotopic (exact) mass is 643 g/mol. The van der Waals surface area contributed by atoms with Crippen LogP contribution in [0.25, 0.3) is 46.1 Å². The van der Waals surface area contributed by atoms with E-state index in [2.05, 4.69) is 10.3 Å². The average molecular weight is 644 g/mol. The van der Waals surface area contributed by atoms with Crippen molar-refractivity contribution in [3.63, 3.8) is 0 Å². The molecule has 242 valence electrons. The lowest BCUT2D eigenvalue weighted by atomic mass is 10.0. The van der Waals surface area contributed by atoms with Gasteiger partial charge in [0.15, 0.2) is 6.61 Å². The van der Waals surface area contributed by atoms with E-state index in [1.54, 1.807) is 49.4 Å². The van der Waals surface area contributed by atoms with Crippen LogP contribution in [0.3, 0.4) is 0 Å². The third-order valence-corrected chi connectivity index (χ3v) is 7.06. The molecule has 0 unspecified atom stereocenters. The summed E-state index contributed by atoms with van der Waals surface area (Å²) in [4.78, 5) is 43.5. The highest BCUT2D eigenvalue weighted by molar-refractivity contribution is 6.02. The lowest BCUT2D eigenvalue weighted by molar-refractivity contribution is -0.139. The van der Waals surface area contributed by atoms with Crippen LogP contribution in [0.4, 0.5) is 17.1 Å². The van der Waals surface area contributed by atoms with E-state index in [0.717, 1.165) is 33.5 Å². The molecule has 5 rings (SSSR count). The average Bonchev–Trinajstić information content (AvgIpc) is 3.53. The van der Waals surface area contributed by atoms with E-state index < -0.39 is 18.5 Å². The molecular formula is C37H33N5O6. The molecule has 0 atom stereocenters. The predicted molar refractivity (Wildman–Crippen MR) is 187 cm³/mol. The quantitative estimate of drug-likeness (QED) is 0.0594. The summed E-state index contributed by atoms with van der Waals surface area (Å²) >= 11 is 0. The van der Waals surface area contributed by atoms with E-state index in [4.69, 9.17) is 31.0 Å². The van der Waals surface area contributed by atoms with Crippen LogP contribution in [0.1, 0.15) is 18.1 Å². The van der Waals surface area contributed by atoms with Crippen molar-refractivity contribution in [1.29, 1.82) is 0 Å². The number of aliphatic carboxylic acids is 1. The number of aromatic amines is 1. The highest BCUT2D eigenvalue weighted by Gasteiger charge is 2.16. The first-order valence-corrected chi connectivity index (χ1v) is 14.9. The smallest absolute Gasteiger partial charge is 0.341 e. The van der Waals surface area contributed by atoms with Gasteiger partial charge in [-0.05, 0) is 72.7 Å². The van der Waals surface area contributed by atoms with Gasteiger partial charge < -0.3 is 36.3 Å². The third-order valence-electron chi connectivity index (χ3n) is 7.06. The number of aromatic nitrogens is 2. The maximum absolute atomic E-state index is 12.5. The van der Waals surface area contributed by atoms with Gasteiger partial charge in [-0.3, -0.25) is 4.79 Å². The normalized spacial score (nSPS) is 11.1. The molecule has 11 heteroatoms. The number of benzene rings is 4. The Kier molecular flexibility index (Phi) is 10.3. The summed E-state index contributed by atoms with van der Waals surface area (Å²) in [6, 6.07) is 27.1. The molecule has 1 amide bonds. The molecule has 1 aromatic heterocycles. The lowest BCUT2D eigenvalue weighted by Crippen LogP contribution is -2.09. The molecule has 7 N–H and O–H groups in total. The van der Waals surface area contributed by atoms with Gasteiger partial charge in [0, 0.05) is 34.5 Å². The van der Waals surface area contributed by atoms with Crippen molar-refractivity contribution < 1.29 is 29.0 Å².